The average Bonchev–Trinajstić information content (AvgIpc) is 2.51. The molecule has 1 aromatic carbocycles. The lowest BCUT2D eigenvalue weighted by Crippen LogP contribution is -2.38. The van der Waals surface area contributed by atoms with Crippen LogP contribution in [0.4, 0.5) is 5.69 Å². The van der Waals surface area contributed by atoms with Gasteiger partial charge in [0, 0.05) is 11.9 Å². The second-order valence-corrected chi connectivity index (χ2v) is 4.30. The molecule has 0 aliphatic heterocycles. The zero-order valence-corrected chi connectivity index (χ0v) is 12.5. The molecule has 1 aromatic rings. The van der Waals surface area contributed by atoms with E-state index in [2.05, 4.69) is 20.9 Å². The van der Waals surface area contributed by atoms with Crippen LogP contribution in [0.25, 0.3) is 0 Å². The number of esters is 1. The van der Waals surface area contributed by atoms with Gasteiger partial charge in [-0.1, -0.05) is 17.7 Å². The number of carbonyl (C=O) groups is 2. The van der Waals surface area contributed by atoms with E-state index in [-0.39, 0.29) is 24.6 Å². The molecular formula is C15H18N4O3. The normalized spacial score (nSPS) is 10.3. The fraction of sp³-hybridized carbons (Fsp3) is 0.267. The molecular weight excluding hydrogens is 284 g/mol. The summed E-state index contributed by atoms with van der Waals surface area (Å²) in [6, 6.07) is 9.27. The van der Waals surface area contributed by atoms with Gasteiger partial charge in [-0.25, -0.2) is 4.79 Å². The van der Waals surface area contributed by atoms with Gasteiger partial charge in [-0.15, -0.1) is 0 Å². The Kier molecular flexibility index (Phi) is 6.99. The summed E-state index contributed by atoms with van der Waals surface area (Å²) in [4.78, 5) is 22.9. The minimum absolute atomic E-state index is 0.0468. The van der Waals surface area contributed by atoms with Crippen molar-refractivity contribution in [3.63, 3.8) is 0 Å². The van der Waals surface area contributed by atoms with E-state index < -0.39 is 5.97 Å². The number of aryl methyl sites for hydroxylation is 1. The number of hydrogen-bond acceptors (Lipinski definition) is 6. The number of nitriles is 1. The van der Waals surface area contributed by atoms with Crippen LogP contribution in [0, 0.1) is 18.3 Å². The Labute approximate surface area is 128 Å². The number of anilines is 1. The van der Waals surface area contributed by atoms with Gasteiger partial charge in [-0.2, -0.15) is 5.26 Å². The predicted molar refractivity (Wildman–Crippen MR) is 81.3 cm³/mol. The molecule has 1 rings (SSSR count). The molecule has 0 fully saturated rings. The standard InChI is InChI=1S/C15H18N4O3/c1-3-22-15(21)12(8-16)9-18-19-14(20)10-17-13-6-4-11(2)5-7-13/h4-7,9,17-18H,3,10H2,1-2H3,(H,19,20)/b12-9+. The van der Waals surface area contributed by atoms with E-state index in [0.29, 0.717) is 0 Å². The second kappa shape index (κ2) is 9.02. The maximum absolute atomic E-state index is 11.6. The van der Waals surface area contributed by atoms with E-state index >= 15 is 0 Å². The molecule has 7 heteroatoms. The van der Waals surface area contributed by atoms with Crippen LogP contribution in [0.3, 0.4) is 0 Å². The summed E-state index contributed by atoms with van der Waals surface area (Å²) in [6.45, 7) is 3.83. The highest BCUT2D eigenvalue weighted by Gasteiger charge is 2.09. The smallest absolute Gasteiger partial charge is 0.350 e. The predicted octanol–water partition coefficient (Wildman–Crippen LogP) is 0.998. The monoisotopic (exact) mass is 302 g/mol. The summed E-state index contributed by atoms with van der Waals surface area (Å²) in [5.41, 5.74) is 6.46. The number of ether oxygens (including phenoxy) is 1. The fourth-order valence-electron chi connectivity index (χ4n) is 1.43. The lowest BCUT2D eigenvalue weighted by atomic mass is 10.2. The number of rotatable bonds is 7. The first kappa shape index (κ1) is 17.0. The van der Waals surface area contributed by atoms with Crippen molar-refractivity contribution < 1.29 is 14.3 Å². The van der Waals surface area contributed by atoms with Gasteiger partial charge in [0.25, 0.3) is 5.91 Å². The van der Waals surface area contributed by atoms with Crippen molar-refractivity contribution >= 4 is 17.6 Å². The van der Waals surface area contributed by atoms with Crippen LogP contribution in [0.15, 0.2) is 36.0 Å². The third-order valence-electron chi connectivity index (χ3n) is 2.55. The zero-order valence-electron chi connectivity index (χ0n) is 12.5. The summed E-state index contributed by atoms with van der Waals surface area (Å²) in [5.74, 6) is -1.09. The number of benzene rings is 1. The van der Waals surface area contributed by atoms with Crippen molar-refractivity contribution in [2.24, 2.45) is 0 Å². The molecule has 0 bridgehead atoms. The van der Waals surface area contributed by atoms with Gasteiger partial charge < -0.3 is 15.5 Å². The molecule has 0 aliphatic rings. The Morgan fingerprint density at radius 2 is 2.00 bits per heavy atom. The van der Waals surface area contributed by atoms with Crippen molar-refractivity contribution in [3.8, 4) is 6.07 Å². The molecule has 0 atom stereocenters. The molecule has 116 valence electrons. The van der Waals surface area contributed by atoms with Gasteiger partial charge in [-0.3, -0.25) is 10.2 Å². The summed E-state index contributed by atoms with van der Waals surface area (Å²) in [7, 11) is 0. The maximum atomic E-state index is 11.6. The highest BCUT2D eigenvalue weighted by Crippen LogP contribution is 2.07. The third kappa shape index (κ3) is 5.96. The molecule has 3 N–H and O–H groups in total. The lowest BCUT2D eigenvalue weighted by molar-refractivity contribution is -0.138. The summed E-state index contributed by atoms with van der Waals surface area (Å²) in [5, 5.41) is 11.7. The van der Waals surface area contributed by atoms with Crippen molar-refractivity contribution in [3.05, 3.63) is 41.6 Å². The Balaban J connectivity index is 2.38. The van der Waals surface area contributed by atoms with Gasteiger partial charge in [0.2, 0.25) is 0 Å². The topological polar surface area (TPSA) is 103 Å². The Morgan fingerprint density at radius 1 is 1.32 bits per heavy atom. The zero-order chi connectivity index (χ0) is 16.4. The van der Waals surface area contributed by atoms with Crippen molar-refractivity contribution in [1.82, 2.24) is 10.9 Å². The third-order valence-corrected chi connectivity index (χ3v) is 2.55. The van der Waals surface area contributed by atoms with Crippen molar-refractivity contribution in [1.29, 1.82) is 5.26 Å². The molecule has 0 spiro atoms. The van der Waals surface area contributed by atoms with E-state index in [1.807, 2.05) is 31.2 Å². The first-order valence-electron chi connectivity index (χ1n) is 6.69. The number of amides is 1. The van der Waals surface area contributed by atoms with Crippen molar-refractivity contribution in [2.75, 3.05) is 18.5 Å². The molecule has 1 amide bonds. The largest absolute Gasteiger partial charge is 0.462 e. The first-order valence-corrected chi connectivity index (χ1v) is 6.69. The molecule has 0 saturated heterocycles. The van der Waals surface area contributed by atoms with Gasteiger partial charge >= 0.3 is 5.97 Å². The SMILES string of the molecule is CCOC(=O)/C(C#N)=C/NNC(=O)CNc1ccc(C)cc1. The van der Waals surface area contributed by atoms with Crippen LogP contribution < -0.4 is 16.2 Å². The Hall–Kier alpha value is -3.01. The first-order chi connectivity index (χ1) is 10.6. The van der Waals surface area contributed by atoms with Gasteiger partial charge in [-0.05, 0) is 26.0 Å². The van der Waals surface area contributed by atoms with Gasteiger partial charge in [0.1, 0.15) is 6.07 Å². The van der Waals surface area contributed by atoms with Crippen LogP contribution in [0.1, 0.15) is 12.5 Å². The highest BCUT2D eigenvalue weighted by molar-refractivity contribution is 5.92. The molecule has 22 heavy (non-hydrogen) atoms. The molecule has 0 radical (unpaired) electrons. The number of hydrazine groups is 1. The van der Waals surface area contributed by atoms with E-state index in [4.69, 9.17) is 5.26 Å². The van der Waals surface area contributed by atoms with E-state index in [9.17, 15) is 9.59 Å². The number of carbonyl (C=O) groups excluding carboxylic acids is 2. The van der Waals surface area contributed by atoms with Crippen LogP contribution >= 0.6 is 0 Å². The molecule has 0 aliphatic carbocycles. The van der Waals surface area contributed by atoms with Crippen molar-refractivity contribution in [2.45, 2.75) is 13.8 Å². The van der Waals surface area contributed by atoms with Crippen LogP contribution in [-0.4, -0.2) is 25.0 Å². The van der Waals surface area contributed by atoms with Crippen LogP contribution in [0.2, 0.25) is 0 Å². The maximum Gasteiger partial charge on any atom is 0.350 e. The summed E-state index contributed by atoms with van der Waals surface area (Å²) >= 11 is 0. The van der Waals surface area contributed by atoms with Gasteiger partial charge in [0.15, 0.2) is 5.57 Å². The summed E-state index contributed by atoms with van der Waals surface area (Å²) in [6.07, 6.45) is 1.09. The molecule has 0 saturated carbocycles. The fourth-order valence-corrected chi connectivity index (χ4v) is 1.43. The number of hydrogen-bond donors (Lipinski definition) is 3. The van der Waals surface area contributed by atoms with Crippen LogP contribution in [0.5, 0.6) is 0 Å². The van der Waals surface area contributed by atoms with E-state index in [1.54, 1.807) is 13.0 Å². The lowest BCUT2D eigenvalue weighted by Gasteiger charge is -2.08. The Morgan fingerprint density at radius 3 is 2.59 bits per heavy atom. The highest BCUT2D eigenvalue weighted by atomic mass is 16.5. The molecule has 0 aromatic heterocycles. The molecule has 0 unspecified atom stereocenters. The molecule has 7 nitrogen and oxygen atoms in total. The quantitative estimate of drug-likeness (QED) is 0.300. The minimum atomic E-state index is -0.746. The van der Waals surface area contributed by atoms with E-state index in [0.717, 1.165) is 17.5 Å². The van der Waals surface area contributed by atoms with Gasteiger partial charge in [0.05, 0.1) is 13.2 Å². The Bertz CT molecular complexity index is 588. The number of nitrogens with one attached hydrogen (secondary N) is 3. The van der Waals surface area contributed by atoms with Crippen LogP contribution in [-0.2, 0) is 14.3 Å². The second-order valence-electron chi connectivity index (χ2n) is 4.30. The molecule has 0 heterocycles. The summed E-state index contributed by atoms with van der Waals surface area (Å²) < 4.78 is 4.67. The average molecular weight is 302 g/mol. The minimum Gasteiger partial charge on any atom is -0.462 e. The number of nitrogens with zero attached hydrogens (tertiary/aromatic N) is 1. The van der Waals surface area contributed by atoms with E-state index in [1.165, 1.54) is 0 Å².